The van der Waals surface area contributed by atoms with Gasteiger partial charge < -0.3 is 10.2 Å². The molecule has 1 atom stereocenters. The Morgan fingerprint density at radius 2 is 2.46 bits per heavy atom. The van der Waals surface area contributed by atoms with Crippen LogP contribution in [0.15, 0.2) is 17.5 Å². The van der Waals surface area contributed by atoms with Crippen LogP contribution in [0.4, 0.5) is 0 Å². The molecule has 4 nitrogen and oxygen atoms in total. The SMILES string of the molecule is O=C(O)[C@H](CO)NCc1cccs1. The van der Waals surface area contributed by atoms with Crippen molar-refractivity contribution in [1.82, 2.24) is 5.32 Å². The first-order valence-corrected chi connectivity index (χ1v) is 4.71. The number of thiophene rings is 1. The molecular weight excluding hydrogens is 190 g/mol. The number of nitrogens with one attached hydrogen (secondary N) is 1. The number of carbonyl (C=O) groups is 1. The zero-order valence-corrected chi connectivity index (χ0v) is 7.75. The van der Waals surface area contributed by atoms with Crippen LogP contribution in [0.25, 0.3) is 0 Å². The predicted molar refractivity (Wildman–Crippen MR) is 49.7 cm³/mol. The van der Waals surface area contributed by atoms with E-state index in [0.29, 0.717) is 6.54 Å². The van der Waals surface area contributed by atoms with Gasteiger partial charge in [0, 0.05) is 11.4 Å². The number of carboxylic acids is 1. The van der Waals surface area contributed by atoms with E-state index < -0.39 is 12.0 Å². The molecule has 0 saturated heterocycles. The fraction of sp³-hybridized carbons (Fsp3) is 0.375. The first-order valence-electron chi connectivity index (χ1n) is 3.83. The van der Waals surface area contributed by atoms with Crippen molar-refractivity contribution in [2.24, 2.45) is 0 Å². The van der Waals surface area contributed by atoms with Crippen molar-refractivity contribution in [2.45, 2.75) is 12.6 Å². The average Bonchev–Trinajstić information content (AvgIpc) is 2.57. The topological polar surface area (TPSA) is 69.6 Å². The number of hydrogen-bond acceptors (Lipinski definition) is 4. The number of hydrogen-bond donors (Lipinski definition) is 3. The van der Waals surface area contributed by atoms with E-state index in [0.717, 1.165) is 4.88 Å². The van der Waals surface area contributed by atoms with Gasteiger partial charge in [-0.3, -0.25) is 10.1 Å². The Morgan fingerprint density at radius 3 is 2.92 bits per heavy atom. The number of aliphatic carboxylic acids is 1. The van der Waals surface area contributed by atoms with Crippen LogP contribution in [-0.4, -0.2) is 28.8 Å². The molecule has 0 spiro atoms. The van der Waals surface area contributed by atoms with Crippen molar-refractivity contribution in [3.05, 3.63) is 22.4 Å². The van der Waals surface area contributed by atoms with Gasteiger partial charge in [-0.25, -0.2) is 0 Å². The largest absolute Gasteiger partial charge is 0.480 e. The minimum Gasteiger partial charge on any atom is -0.480 e. The van der Waals surface area contributed by atoms with Crippen molar-refractivity contribution < 1.29 is 15.0 Å². The third-order valence-electron chi connectivity index (χ3n) is 1.58. The molecule has 0 aliphatic rings. The summed E-state index contributed by atoms with van der Waals surface area (Å²) >= 11 is 1.55. The van der Waals surface area contributed by atoms with E-state index in [-0.39, 0.29) is 6.61 Å². The van der Waals surface area contributed by atoms with Gasteiger partial charge in [0.05, 0.1) is 6.61 Å². The molecule has 0 radical (unpaired) electrons. The molecule has 13 heavy (non-hydrogen) atoms. The van der Waals surface area contributed by atoms with Crippen molar-refractivity contribution in [3.8, 4) is 0 Å². The standard InChI is InChI=1S/C8H11NO3S/c10-5-7(8(11)12)9-4-6-2-1-3-13-6/h1-3,7,9-10H,4-5H2,(H,11,12)/t7-/m0/s1. The van der Waals surface area contributed by atoms with E-state index in [2.05, 4.69) is 5.32 Å². The van der Waals surface area contributed by atoms with E-state index in [9.17, 15) is 4.79 Å². The molecule has 5 heteroatoms. The number of aliphatic hydroxyl groups is 1. The maximum absolute atomic E-state index is 10.5. The third kappa shape index (κ3) is 3.14. The molecule has 0 fully saturated rings. The van der Waals surface area contributed by atoms with Gasteiger partial charge in [-0.1, -0.05) is 6.07 Å². The van der Waals surface area contributed by atoms with Crippen molar-refractivity contribution in [1.29, 1.82) is 0 Å². The minimum atomic E-state index is -1.03. The van der Waals surface area contributed by atoms with Crippen LogP contribution in [0.3, 0.4) is 0 Å². The molecule has 0 saturated carbocycles. The third-order valence-corrected chi connectivity index (χ3v) is 2.46. The van der Waals surface area contributed by atoms with E-state index in [4.69, 9.17) is 10.2 Å². The summed E-state index contributed by atoms with van der Waals surface area (Å²) in [4.78, 5) is 11.5. The van der Waals surface area contributed by atoms with Crippen LogP contribution < -0.4 is 5.32 Å². The summed E-state index contributed by atoms with van der Waals surface area (Å²) in [5.41, 5.74) is 0. The second kappa shape index (κ2) is 4.96. The quantitative estimate of drug-likeness (QED) is 0.640. The Kier molecular flexibility index (Phi) is 3.88. The highest BCUT2D eigenvalue weighted by Gasteiger charge is 2.14. The van der Waals surface area contributed by atoms with Gasteiger partial charge in [0.1, 0.15) is 6.04 Å². The molecule has 0 aliphatic heterocycles. The maximum atomic E-state index is 10.5. The van der Waals surface area contributed by atoms with Crippen LogP contribution in [-0.2, 0) is 11.3 Å². The molecule has 0 aromatic carbocycles. The van der Waals surface area contributed by atoms with Crippen molar-refractivity contribution >= 4 is 17.3 Å². The molecule has 1 rings (SSSR count). The second-order valence-corrected chi connectivity index (χ2v) is 3.57. The summed E-state index contributed by atoms with van der Waals surface area (Å²) in [6.07, 6.45) is 0. The zero-order chi connectivity index (χ0) is 9.68. The summed E-state index contributed by atoms with van der Waals surface area (Å²) in [7, 11) is 0. The number of carboxylic acid groups (broad SMARTS) is 1. The highest BCUT2D eigenvalue weighted by molar-refractivity contribution is 7.09. The lowest BCUT2D eigenvalue weighted by Gasteiger charge is -2.09. The number of rotatable bonds is 5. The lowest BCUT2D eigenvalue weighted by molar-refractivity contribution is -0.140. The van der Waals surface area contributed by atoms with Gasteiger partial charge in [0.25, 0.3) is 0 Å². The zero-order valence-electron chi connectivity index (χ0n) is 6.93. The van der Waals surface area contributed by atoms with Crippen LogP contribution in [0.5, 0.6) is 0 Å². The van der Waals surface area contributed by atoms with Gasteiger partial charge in [-0.05, 0) is 11.4 Å². The van der Waals surface area contributed by atoms with Gasteiger partial charge in [0.15, 0.2) is 0 Å². The maximum Gasteiger partial charge on any atom is 0.323 e. The van der Waals surface area contributed by atoms with Crippen molar-refractivity contribution in [3.63, 3.8) is 0 Å². The van der Waals surface area contributed by atoms with Gasteiger partial charge in [-0.2, -0.15) is 0 Å². The molecule has 72 valence electrons. The van der Waals surface area contributed by atoms with E-state index in [1.165, 1.54) is 0 Å². The first-order chi connectivity index (χ1) is 6.24. The summed E-state index contributed by atoms with van der Waals surface area (Å²) in [5.74, 6) is -1.03. The van der Waals surface area contributed by atoms with Crippen molar-refractivity contribution in [2.75, 3.05) is 6.61 Å². The van der Waals surface area contributed by atoms with Crippen LogP contribution in [0.2, 0.25) is 0 Å². The predicted octanol–water partition coefficient (Wildman–Crippen LogP) is 0.283. The Hall–Kier alpha value is -0.910. The van der Waals surface area contributed by atoms with Gasteiger partial charge >= 0.3 is 5.97 Å². The molecular formula is C8H11NO3S. The fourth-order valence-corrected chi connectivity index (χ4v) is 1.52. The first kappa shape index (κ1) is 10.2. The summed E-state index contributed by atoms with van der Waals surface area (Å²) < 4.78 is 0. The molecule has 1 aromatic rings. The van der Waals surface area contributed by atoms with E-state index in [1.54, 1.807) is 11.3 Å². The van der Waals surface area contributed by atoms with E-state index >= 15 is 0 Å². The lowest BCUT2D eigenvalue weighted by Crippen LogP contribution is -2.38. The monoisotopic (exact) mass is 201 g/mol. The Labute approximate surface area is 79.8 Å². The second-order valence-electron chi connectivity index (χ2n) is 2.53. The summed E-state index contributed by atoms with van der Waals surface area (Å²) in [6.45, 7) is 0.0932. The molecule has 1 aromatic heterocycles. The van der Waals surface area contributed by atoms with Crippen LogP contribution in [0.1, 0.15) is 4.88 Å². The summed E-state index contributed by atoms with van der Waals surface area (Å²) in [5, 5.41) is 21.9. The average molecular weight is 201 g/mol. The Bertz CT molecular complexity index is 260. The Balaban J connectivity index is 2.36. The molecule has 3 N–H and O–H groups in total. The van der Waals surface area contributed by atoms with Crippen LogP contribution >= 0.6 is 11.3 Å². The van der Waals surface area contributed by atoms with Gasteiger partial charge in [0.2, 0.25) is 0 Å². The molecule has 0 amide bonds. The molecule has 1 heterocycles. The molecule has 0 unspecified atom stereocenters. The smallest absolute Gasteiger partial charge is 0.323 e. The van der Waals surface area contributed by atoms with Crippen LogP contribution in [0, 0.1) is 0 Å². The summed E-state index contributed by atoms with van der Waals surface area (Å²) in [6, 6.07) is 2.94. The molecule has 0 bridgehead atoms. The van der Waals surface area contributed by atoms with E-state index in [1.807, 2.05) is 17.5 Å². The highest BCUT2D eigenvalue weighted by Crippen LogP contribution is 2.07. The Morgan fingerprint density at radius 1 is 1.69 bits per heavy atom. The fourth-order valence-electron chi connectivity index (χ4n) is 0.867. The molecule has 0 aliphatic carbocycles. The van der Waals surface area contributed by atoms with Gasteiger partial charge in [-0.15, -0.1) is 11.3 Å². The highest BCUT2D eigenvalue weighted by atomic mass is 32.1. The normalized spacial score (nSPS) is 12.7. The minimum absolute atomic E-state index is 0.388. The lowest BCUT2D eigenvalue weighted by atomic mass is 10.3. The number of aliphatic hydroxyl groups excluding tert-OH is 1.